The quantitative estimate of drug-likeness (QED) is 0.752. The van der Waals surface area contributed by atoms with Crippen LogP contribution < -0.4 is 5.32 Å². The van der Waals surface area contributed by atoms with Crippen molar-refractivity contribution in [2.24, 2.45) is 0 Å². The lowest BCUT2D eigenvalue weighted by Crippen LogP contribution is -2.35. The first kappa shape index (κ1) is 8.53. The van der Waals surface area contributed by atoms with Crippen LogP contribution in [0.5, 0.6) is 0 Å². The minimum Gasteiger partial charge on any atom is -0.294 e. The molecule has 0 radical (unpaired) electrons. The first-order valence-electron chi connectivity index (χ1n) is 3.96. The van der Waals surface area contributed by atoms with Crippen molar-refractivity contribution in [2.75, 3.05) is 5.75 Å². The Hall–Kier alpha value is -0.0600. The van der Waals surface area contributed by atoms with Gasteiger partial charge in [-0.2, -0.15) is 0 Å². The minimum absolute atomic E-state index is 0.265. The summed E-state index contributed by atoms with van der Waals surface area (Å²) in [6.07, 6.45) is 1.87. The highest BCUT2D eigenvalue weighted by Gasteiger charge is 2.32. The summed E-state index contributed by atoms with van der Waals surface area (Å²) in [5.74, 6) is 1.16. The highest BCUT2D eigenvalue weighted by atomic mass is 32.2. The van der Waals surface area contributed by atoms with E-state index in [4.69, 9.17) is 0 Å². The van der Waals surface area contributed by atoms with E-state index in [0.29, 0.717) is 5.37 Å². The molecule has 0 bridgehead atoms. The molecule has 2 nitrogen and oxygen atoms in total. The Labute approximate surface area is 80.8 Å². The van der Waals surface area contributed by atoms with Gasteiger partial charge in [0.1, 0.15) is 10.4 Å². The van der Waals surface area contributed by atoms with Gasteiger partial charge in [-0.25, -0.2) is 4.98 Å². The smallest absolute Gasteiger partial charge is 0.120 e. The maximum Gasteiger partial charge on any atom is 0.120 e. The Kier molecular flexibility index (Phi) is 2.14. The van der Waals surface area contributed by atoms with Gasteiger partial charge in [-0.3, -0.25) is 5.32 Å². The lowest BCUT2D eigenvalue weighted by atomic mass is 10.1. The summed E-state index contributed by atoms with van der Waals surface area (Å²) in [5.41, 5.74) is 0.265. The van der Waals surface area contributed by atoms with Crippen LogP contribution in [-0.4, -0.2) is 16.3 Å². The average Bonchev–Trinajstić information content (AvgIpc) is 2.55. The Morgan fingerprint density at radius 2 is 2.50 bits per heavy atom. The van der Waals surface area contributed by atoms with Gasteiger partial charge >= 0.3 is 0 Å². The third-order valence-electron chi connectivity index (χ3n) is 1.81. The second kappa shape index (κ2) is 3.01. The molecule has 1 N–H and O–H groups in total. The Balaban J connectivity index is 2.10. The molecule has 0 amide bonds. The summed E-state index contributed by atoms with van der Waals surface area (Å²) in [5, 5.41) is 7.19. The monoisotopic (exact) mass is 200 g/mol. The zero-order valence-corrected chi connectivity index (χ0v) is 8.84. The lowest BCUT2D eigenvalue weighted by molar-refractivity contribution is 0.451. The molecule has 2 heterocycles. The largest absolute Gasteiger partial charge is 0.294 e. The van der Waals surface area contributed by atoms with E-state index in [-0.39, 0.29) is 5.54 Å². The van der Waals surface area contributed by atoms with E-state index in [9.17, 15) is 0 Å². The summed E-state index contributed by atoms with van der Waals surface area (Å²) in [6.45, 7) is 4.46. The molecule has 1 aromatic rings. The molecule has 1 unspecified atom stereocenters. The molecular weight excluding hydrogens is 188 g/mol. The first-order valence-corrected chi connectivity index (χ1v) is 5.89. The summed E-state index contributed by atoms with van der Waals surface area (Å²) in [4.78, 5) is 4.30. The SMILES string of the molecule is CC1(C)CSC(c2nccs2)N1. The van der Waals surface area contributed by atoms with E-state index < -0.39 is 0 Å². The predicted octanol–water partition coefficient (Wildman–Crippen LogP) is 2.26. The fourth-order valence-electron chi connectivity index (χ4n) is 1.23. The van der Waals surface area contributed by atoms with Gasteiger partial charge in [0.05, 0.1) is 0 Å². The fraction of sp³-hybridized carbons (Fsp3) is 0.625. The molecule has 1 atom stereocenters. The normalized spacial score (nSPS) is 27.7. The zero-order valence-electron chi connectivity index (χ0n) is 7.20. The highest BCUT2D eigenvalue weighted by Crippen LogP contribution is 2.37. The van der Waals surface area contributed by atoms with Gasteiger partial charge in [-0.1, -0.05) is 0 Å². The van der Waals surface area contributed by atoms with Gasteiger partial charge in [0, 0.05) is 22.9 Å². The Morgan fingerprint density at radius 1 is 1.67 bits per heavy atom. The fourth-order valence-corrected chi connectivity index (χ4v) is 3.44. The molecule has 1 aromatic heterocycles. The predicted molar refractivity (Wildman–Crippen MR) is 54.5 cm³/mol. The van der Waals surface area contributed by atoms with Crippen LogP contribution in [-0.2, 0) is 0 Å². The number of rotatable bonds is 1. The molecule has 0 spiro atoms. The van der Waals surface area contributed by atoms with E-state index in [1.165, 1.54) is 5.01 Å². The Morgan fingerprint density at radius 3 is 3.00 bits per heavy atom. The van der Waals surface area contributed by atoms with Gasteiger partial charge in [-0.05, 0) is 13.8 Å². The van der Waals surface area contributed by atoms with Crippen LogP contribution in [0.1, 0.15) is 24.2 Å². The summed E-state index contributed by atoms with van der Waals surface area (Å²) >= 11 is 3.67. The van der Waals surface area contributed by atoms with Crippen molar-refractivity contribution in [3.8, 4) is 0 Å². The van der Waals surface area contributed by atoms with E-state index in [1.807, 2.05) is 23.3 Å². The van der Waals surface area contributed by atoms with Gasteiger partial charge in [0.15, 0.2) is 0 Å². The molecule has 0 saturated carbocycles. The van der Waals surface area contributed by atoms with Gasteiger partial charge in [-0.15, -0.1) is 23.1 Å². The summed E-state index contributed by atoms with van der Waals surface area (Å²) in [7, 11) is 0. The van der Waals surface area contributed by atoms with E-state index in [1.54, 1.807) is 11.3 Å². The average molecular weight is 200 g/mol. The van der Waals surface area contributed by atoms with E-state index in [2.05, 4.69) is 24.1 Å². The molecule has 66 valence electrons. The molecular formula is C8H12N2S2. The second-order valence-corrected chi connectivity index (χ2v) is 5.61. The minimum atomic E-state index is 0.265. The second-order valence-electron chi connectivity index (χ2n) is 3.59. The van der Waals surface area contributed by atoms with E-state index in [0.717, 1.165) is 5.75 Å². The maximum absolute atomic E-state index is 4.30. The zero-order chi connectivity index (χ0) is 8.60. The molecule has 1 aliphatic rings. The van der Waals surface area contributed by atoms with Crippen molar-refractivity contribution in [1.29, 1.82) is 0 Å². The van der Waals surface area contributed by atoms with Crippen LogP contribution in [0.25, 0.3) is 0 Å². The molecule has 2 rings (SSSR count). The van der Waals surface area contributed by atoms with Crippen molar-refractivity contribution in [1.82, 2.24) is 10.3 Å². The van der Waals surface area contributed by atoms with Crippen LogP contribution in [0.2, 0.25) is 0 Å². The third-order valence-corrected chi connectivity index (χ3v) is 4.36. The number of hydrogen-bond acceptors (Lipinski definition) is 4. The molecule has 1 fully saturated rings. The maximum atomic E-state index is 4.30. The standard InChI is InChI=1S/C8H12N2S2/c1-8(2)5-12-7(10-8)6-9-3-4-11-6/h3-4,7,10H,5H2,1-2H3. The van der Waals surface area contributed by atoms with Crippen LogP contribution in [0.4, 0.5) is 0 Å². The van der Waals surface area contributed by atoms with Crippen molar-refractivity contribution >= 4 is 23.1 Å². The van der Waals surface area contributed by atoms with Crippen molar-refractivity contribution in [3.63, 3.8) is 0 Å². The van der Waals surface area contributed by atoms with Crippen LogP contribution in [0.15, 0.2) is 11.6 Å². The molecule has 0 aromatic carbocycles. The van der Waals surface area contributed by atoms with Gasteiger partial charge in [0.25, 0.3) is 0 Å². The number of nitrogens with one attached hydrogen (secondary N) is 1. The molecule has 1 saturated heterocycles. The van der Waals surface area contributed by atoms with Crippen molar-refractivity contribution in [2.45, 2.75) is 24.8 Å². The lowest BCUT2D eigenvalue weighted by Gasteiger charge is -2.17. The first-order chi connectivity index (χ1) is 5.67. The Bertz CT molecular complexity index is 256. The van der Waals surface area contributed by atoms with Crippen molar-refractivity contribution in [3.05, 3.63) is 16.6 Å². The third kappa shape index (κ3) is 1.65. The number of thiazole rings is 1. The van der Waals surface area contributed by atoms with Crippen LogP contribution >= 0.6 is 23.1 Å². The molecule has 1 aliphatic heterocycles. The molecule has 4 heteroatoms. The number of hydrogen-bond donors (Lipinski definition) is 1. The van der Waals surface area contributed by atoms with E-state index >= 15 is 0 Å². The molecule has 12 heavy (non-hydrogen) atoms. The number of aromatic nitrogens is 1. The number of thioether (sulfide) groups is 1. The summed E-state index contributed by atoms with van der Waals surface area (Å²) < 4.78 is 0. The van der Waals surface area contributed by atoms with Crippen LogP contribution in [0, 0.1) is 0 Å². The summed E-state index contributed by atoms with van der Waals surface area (Å²) in [6, 6.07) is 0. The van der Waals surface area contributed by atoms with Crippen LogP contribution in [0.3, 0.4) is 0 Å². The van der Waals surface area contributed by atoms with Gasteiger partial charge < -0.3 is 0 Å². The van der Waals surface area contributed by atoms with Gasteiger partial charge in [0.2, 0.25) is 0 Å². The van der Waals surface area contributed by atoms with Crippen molar-refractivity contribution < 1.29 is 0 Å². The number of nitrogens with zero attached hydrogens (tertiary/aromatic N) is 1. The highest BCUT2D eigenvalue weighted by molar-refractivity contribution is 7.99. The topological polar surface area (TPSA) is 24.9 Å². The molecule has 0 aliphatic carbocycles.